The fourth-order valence-corrected chi connectivity index (χ4v) is 1.66. The maximum atomic E-state index is 5.71. The van der Waals surface area contributed by atoms with Crippen LogP contribution in [0, 0.1) is 0 Å². The highest BCUT2D eigenvalue weighted by molar-refractivity contribution is 7.99. The highest BCUT2D eigenvalue weighted by Gasteiger charge is 2.06. The van der Waals surface area contributed by atoms with Gasteiger partial charge in [-0.2, -0.15) is 0 Å². The van der Waals surface area contributed by atoms with Gasteiger partial charge in [0.25, 0.3) is 0 Å². The summed E-state index contributed by atoms with van der Waals surface area (Å²) in [5, 5.41) is 0.618. The number of nitrogens with one attached hydrogen (secondary N) is 1. The number of aromatic nitrogens is 4. The lowest BCUT2D eigenvalue weighted by Gasteiger charge is -1.99. The lowest BCUT2D eigenvalue weighted by atomic mass is 10.5. The number of anilines is 1. The van der Waals surface area contributed by atoms with Gasteiger partial charge >= 0.3 is 0 Å². The van der Waals surface area contributed by atoms with Crippen molar-refractivity contribution in [3.8, 4) is 0 Å². The summed E-state index contributed by atoms with van der Waals surface area (Å²) in [4.78, 5) is 15.2. The van der Waals surface area contributed by atoms with Gasteiger partial charge in [-0.1, -0.05) is 11.8 Å². The van der Waals surface area contributed by atoms with Crippen molar-refractivity contribution in [2.45, 2.75) is 5.16 Å². The van der Waals surface area contributed by atoms with Gasteiger partial charge in [-0.3, -0.25) is 0 Å². The number of hydrogen-bond donors (Lipinski definition) is 3. The third-order valence-electron chi connectivity index (χ3n) is 1.64. The molecule has 0 aromatic carbocycles. The molecule has 0 saturated heterocycles. The number of nitrogens with zero attached hydrogens (tertiary/aromatic N) is 3. The summed E-state index contributed by atoms with van der Waals surface area (Å²) in [6.45, 7) is 0.590. The van der Waals surface area contributed by atoms with E-state index in [2.05, 4.69) is 19.9 Å². The number of thioether (sulfide) groups is 1. The van der Waals surface area contributed by atoms with Crippen molar-refractivity contribution in [1.29, 1.82) is 0 Å². The van der Waals surface area contributed by atoms with Crippen LogP contribution in [0.5, 0.6) is 0 Å². The van der Waals surface area contributed by atoms with Crippen LogP contribution in [0.25, 0.3) is 11.2 Å². The minimum absolute atomic E-state index is 0.423. The Hall–Kier alpha value is -1.34. The molecule has 6 nitrogen and oxygen atoms in total. The van der Waals surface area contributed by atoms with E-state index in [1.165, 1.54) is 11.8 Å². The first-order valence-electron chi connectivity index (χ1n) is 4.10. The Balaban J connectivity index is 2.38. The fraction of sp³-hybridized carbons (Fsp3) is 0.286. The van der Waals surface area contributed by atoms with Crippen LogP contribution in [0.3, 0.4) is 0 Å². The lowest BCUT2D eigenvalue weighted by Crippen LogP contribution is -2.03. The quantitative estimate of drug-likeness (QED) is 0.485. The summed E-state index contributed by atoms with van der Waals surface area (Å²) < 4.78 is 0. The second kappa shape index (κ2) is 3.81. The van der Waals surface area contributed by atoms with Gasteiger partial charge in [-0.15, -0.1) is 0 Å². The molecule has 0 amide bonds. The van der Waals surface area contributed by atoms with Gasteiger partial charge in [0.15, 0.2) is 16.6 Å². The number of hydrogen-bond acceptors (Lipinski definition) is 6. The van der Waals surface area contributed by atoms with Crippen molar-refractivity contribution in [2.75, 3.05) is 18.0 Å². The molecule has 0 fully saturated rings. The molecule has 0 saturated carbocycles. The van der Waals surface area contributed by atoms with E-state index < -0.39 is 0 Å². The molecule has 14 heavy (non-hydrogen) atoms. The van der Waals surface area contributed by atoms with E-state index in [1.54, 1.807) is 6.33 Å². The van der Waals surface area contributed by atoms with Crippen LogP contribution in [0.15, 0.2) is 11.5 Å². The zero-order valence-electron chi connectivity index (χ0n) is 7.40. The largest absolute Gasteiger partial charge is 0.382 e. The number of fused-ring (bicyclic) bond motifs is 1. The number of nitrogen functional groups attached to an aromatic ring is 1. The molecule has 0 unspecified atom stereocenters. The van der Waals surface area contributed by atoms with Crippen molar-refractivity contribution < 1.29 is 0 Å². The maximum Gasteiger partial charge on any atom is 0.191 e. The van der Waals surface area contributed by atoms with Crippen LogP contribution in [0.4, 0.5) is 5.82 Å². The molecule has 0 aliphatic rings. The van der Waals surface area contributed by atoms with Gasteiger partial charge in [0.05, 0.1) is 6.33 Å². The second-order valence-electron chi connectivity index (χ2n) is 2.63. The van der Waals surface area contributed by atoms with E-state index in [1.807, 2.05) is 0 Å². The summed E-state index contributed by atoms with van der Waals surface area (Å²) in [5.41, 5.74) is 12.4. The molecule has 2 aromatic heterocycles. The molecule has 2 rings (SSSR count). The molecule has 0 radical (unpaired) electrons. The Morgan fingerprint density at radius 3 is 3.07 bits per heavy atom. The minimum atomic E-state index is 0.423. The molecule has 0 atom stereocenters. The van der Waals surface area contributed by atoms with E-state index in [4.69, 9.17) is 11.5 Å². The second-order valence-corrected chi connectivity index (χ2v) is 3.69. The minimum Gasteiger partial charge on any atom is -0.382 e. The number of imidazole rings is 1. The van der Waals surface area contributed by atoms with Crippen molar-refractivity contribution >= 4 is 28.7 Å². The fourth-order valence-electron chi connectivity index (χ4n) is 1.05. The van der Waals surface area contributed by atoms with Gasteiger partial charge in [-0.05, 0) is 0 Å². The molecule has 2 aromatic rings. The van der Waals surface area contributed by atoms with Crippen molar-refractivity contribution in [3.05, 3.63) is 6.33 Å². The molecular weight excluding hydrogens is 200 g/mol. The Morgan fingerprint density at radius 1 is 1.43 bits per heavy atom. The number of aromatic amines is 1. The van der Waals surface area contributed by atoms with E-state index in [9.17, 15) is 0 Å². The Morgan fingerprint density at radius 2 is 2.29 bits per heavy atom. The molecule has 0 aliphatic heterocycles. The first kappa shape index (κ1) is 9.22. The van der Waals surface area contributed by atoms with E-state index >= 15 is 0 Å². The monoisotopic (exact) mass is 210 g/mol. The van der Waals surface area contributed by atoms with Crippen molar-refractivity contribution in [3.63, 3.8) is 0 Å². The zero-order valence-corrected chi connectivity index (χ0v) is 8.21. The number of H-pyrrole nitrogens is 1. The first-order chi connectivity index (χ1) is 6.81. The smallest absolute Gasteiger partial charge is 0.191 e. The van der Waals surface area contributed by atoms with Crippen LogP contribution in [-0.4, -0.2) is 32.2 Å². The first-order valence-corrected chi connectivity index (χ1v) is 5.09. The summed E-state index contributed by atoms with van der Waals surface area (Å²) in [6.07, 6.45) is 1.55. The highest BCUT2D eigenvalue weighted by atomic mass is 32.2. The van der Waals surface area contributed by atoms with Gasteiger partial charge in [0, 0.05) is 12.3 Å². The van der Waals surface area contributed by atoms with Gasteiger partial charge in [0.2, 0.25) is 0 Å². The number of rotatable bonds is 3. The Labute approximate surface area is 84.5 Å². The molecule has 0 spiro atoms. The van der Waals surface area contributed by atoms with Crippen molar-refractivity contribution in [2.24, 2.45) is 5.73 Å². The standard InChI is InChI=1S/C7H10N6S/c8-1-2-14-7-12-5(9)4-6(13-7)11-3-10-4/h3H,1-2,8H2,(H3,9,10,11,12,13). The van der Waals surface area contributed by atoms with Gasteiger partial charge < -0.3 is 16.5 Å². The highest BCUT2D eigenvalue weighted by Crippen LogP contribution is 2.18. The SMILES string of the molecule is NCCSc1nc(N)c2[nH]cnc2n1. The summed E-state index contributed by atoms with van der Waals surface area (Å²) >= 11 is 1.47. The van der Waals surface area contributed by atoms with Crippen LogP contribution in [0.2, 0.25) is 0 Å². The third kappa shape index (κ3) is 1.64. The number of nitrogens with two attached hydrogens (primary N) is 2. The maximum absolute atomic E-state index is 5.71. The van der Waals surface area contributed by atoms with Gasteiger partial charge in [0.1, 0.15) is 5.52 Å². The Kier molecular flexibility index (Phi) is 2.51. The van der Waals surface area contributed by atoms with Crippen LogP contribution in [-0.2, 0) is 0 Å². The van der Waals surface area contributed by atoms with Crippen molar-refractivity contribution in [1.82, 2.24) is 19.9 Å². The molecule has 5 N–H and O–H groups in total. The molecule has 0 aliphatic carbocycles. The molecule has 0 bridgehead atoms. The summed E-state index contributed by atoms with van der Waals surface area (Å²) in [7, 11) is 0. The third-order valence-corrected chi connectivity index (χ3v) is 2.52. The van der Waals surface area contributed by atoms with E-state index in [0.717, 1.165) is 5.75 Å². The predicted octanol–water partition coefficient (Wildman–Crippen LogP) is -0.0141. The van der Waals surface area contributed by atoms with Crippen LogP contribution in [0.1, 0.15) is 0 Å². The average Bonchev–Trinajstić information content (AvgIpc) is 2.63. The van der Waals surface area contributed by atoms with E-state index in [0.29, 0.717) is 28.7 Å². The summed E-state index contributed by atoms with van der Waals surface area (Å²) in [6, 6.07) is 0. The van der Waals surface area contributed by atoms with Crippen LogP contribution < -0.4 is 11.5 Å². The molecule has 2 heterocycles. The molecule has 74 valence electrons. The normalized spacial score (nSPS) is 10.9. The molecular formula is C7H10N6S. The van der Waals surface area contributed by atoms with Gasteiger partial charge in [-0.25, -0.2) is 15.0 Å². The van der Waals surface area contributed by atoms with Crippen LogP contribution >= 0.6 is 11.8 Å². The van der Waals surface area contributed by atoms with E-state index in [-0.39, 0.29) is 0 Å². The lowest BCUT2D eigenvalue weighted by molar-refractivity contribution is 0.997. The topological polar surface area (TPSA) is 106 Å². The Bertz CT molecular complexity index is 439. The zero-order chi connectivity index (χ0) is 9.97. The molecule has 7 heteroatoms. The summed E-state index contributed by atoms with van der Waals surface area (Å²) in [5.74, 6) is 1.20. The predicted molar refractivity (Wildman–Crippen MR) is 55.9 cm³/mol. The average molecular weight is 210 g/mol.